The van der Waals surface area contributed by atoms with Crippen molar-refractivity contribution in [2.75, 3.05) is 7.11 Å². The van der Waals surface area contributed by atoms with E-state index in [1.54, 1.807) is 7.05 Å². The summed E-state index contributed by atoms with van der Waals surface area (Å²) in [5.41, 5.74) is 0.0911. The molecule has 0 aliphatic rings. The van der Waals surface area contributed by atoms with Crippen LogP contribution in [0.4, 0.5) is 8.78 Å². The highest BCUT2D eigenvalue weighted by Gasteiger charge is 2.08. The zero-order valence-electron chi connectivity index (χ0n) is 10.2. The molecule has 0 fully saturated rings. The molecule has 0 unspecified atom stereocenters. The van der Waals surface area contributed by atoms with Crippen molar-refractivity contribution in [1.82, 2.24) is 20.0 Å². The van der Waals surface area contributed by atoms with Crippen LogP contribution in [-0.2, 0) is 7.05 Å². The number of rotatable bonds is 4. The molecule has 0 atom stereocenters. The van der Waals surface area contributed by atoms with Crippen molar-refractivity contribution in [2.45, 2.75) is 0 Å². The SMILES string of the molecule is COc1cnnc(Oc2cc(C=C(F)F)nn2C)c1. The number of aromatic nitrogens is 4. The van der Waals surface area contributed by atoms with E-state index in [1.807, 2.05) is 0 Å². The number of hydrogen-bond acceptors (Lipinski definition) is 5. The van der Waals surface area contributed by atoms with E-state index in [4.69, 9.17) is 9.47 Å². The number of methoxy groups -OCH3 is 1. The summed E-state index contributed by atoms with van der Waals surface area (Å²) in [5, 5.41) is 11.3. The van der Waals surface area contributed by atoms with Gasteiger partial charge in [0.15, 0.2) is 0 Å². The largest absolute Gasteiger partial charge is 0.495 e. The Morgan fingerprint density at radius 1 is 1.37 bits per heavy atom. The van der Waals surface area contributed by atoms with Crippen molar-refractivity contribution < 1.29 is 18.3 Å². The summed E-state index contributed by atoms with van der Waals surface area (Å²) in [4.78, 5) is 0. The van der Waals surface area contributed by atoms with Crippen LogP contribution in [0.1, 0.15) is 5.69 Å². The highest BCUT2D eigenvalue weighted by atomic mass is 19.3. The van der Waals surface area contributed by atoms with Crippen LogP contribution in [-0.4, -0.2) is 27.1 Å². The Bertz CT molecular complexity index is 608. The average molecular weight is 268 g/mol. The van der Waals surface area contributed by atoms with E-state index in [0.29, 0.717) is 11.8 Å². The molecular weight excluding hydrogens is 258 g/mol. The molecule has 0 aliphatic carbocycles. The Hall–Kier alpha value is -2.51. The van der Waals surface area contributed by atoms with E-state index in [9.17, 15) is 8.78 Å². The molecular formula is C11H10F2N4O2. The van der Waals surface area contributed by atoms with Crippen LogP contribution in [0.3, 0.4) is 0 Å². The number of hydrogen-bond donors (Lipinski definition) is 0. The van der Waals surface area contributed by atoms with Gasteiger partial charge in [0.1, 0.15) is 5.75 Å². The van der Waals surface area contributed by atoms with Crippen LogP contribution in [0, 0.1) is 0 Å². The van der Waals surface area contributed by atoms with Gasteiger partial charge in [-0.2, -0.15) is 19.0 Å². The van der Waals surface area contributed by atoms with Crippen LogP contribution < -0.4 is 9.47 Å². The van der Waals surface area contributed by atoms with E-state index in [1.165, 1.54) is 30.1 Å². The minimum Gasteiger partial charge on any atom is -0.495 e. The van der Waals surface area contributed by atoms with Crippen molar-refractivity contribution in [2.24, 2.45) is 7.05 Å². The minimum atomic E-state index is -1.83. The van der Waals surface area contributed by atoms with Gasteiger partial charge in [-0.15, -0.1) is 5.10 Å². The summed E-state index contributed by atoms with van der Waals surface area (Å²) < 4.78 is 35.9. The molecule has 0 radical (unpaired) electrons. The van der Waals surface area contributed by atoms with Crippen LogP contribution in [0.15, 0.2) is 24.4 Å². The molecule has 19 heavy (non-hydrogen) atoms. The molecule has 0 saturated carbocycles. The molecule has 100 valence electrons. The first-order valence-corrected chi connectivity index (χ1v) is 5.20. The molecule has 0 bridgehead atoms. The van der Waals surface area contributed by atoms with Gasteiger partial charge in [-0.05, 0) is 0 Å². The maximum Gasteiger partial charge on any atom is 0.272 e. The van der Waals surface area contributed by atoms with Gasteiger partial charge in [0, 0.05) is 25.3 Å². The average Bonchev–Trinajstić information content (AvgIpc) is 2.69. The van der Waals surface area contributed by atoms with Crippen molar-refractivity contribution in [3.8, 4) is 17.5 Å². The Balaban J connectivity index is 2.23. The lowest BCUT2D eigenvalue weighted by Crippen LogP contribution is -1.97. The van der Waals surface area contributed by atoms with Crippen LogP contribution in [0.2, 0.25) is 0 Å². The van der Waals surface area contributed by atoms with Crippen molar-refractivity contribution >= 4 is 6.08 Å². The van der Waals surface area contributed by atoms with Crippen molar-refractivity contribution in [3.63, 3.8) is 0 Å². The van der Waals surface area contributed by atoms with Gasteiger partial charge in [0.2, 0.25) is 11.8 Å². The summed E-state index contributed by atoms with van der Waals surface area (Å²) >= 11 is 0. The Labute approximate surface area is 107 Å². The van der Waals surface area contributed by atoms with Gasteiger partial charge in [-0.3, -0.25) is 0 Å². The van der Waals surface area contributed by atoms with E-state index >= 15 is 0 Å². The fourth-order valence-electron chi connectivity index (χ4n) is 1.35. The van der Waals surface area contributed by atoms with Crippen LogP contribution >= 0.6 is 0 Å². The van der Waals surface area contributed by atoms with E-state index in [2.05, 4.69) is 15.3 Å². The van der Waals surface area contributed by atoms with Crippen LogP contribution in [0.5, 0.6) is 17.5 Å². The summed E-state index contributed by atoms with van der Waals surface area (Å²) in [5.74, 6) is 0.913. The third kappa shape index (κ3) is 3.24. The second-order valence-electron chi connectivity index (χ2n) is 3.50. The molecule has 0 aromatic carbocycles. The number of ether oxygens (including phenoxy) is 2. The quantitative estimate of drug-likeness (QED) is 0.851. The third-order valence-corrected chi connectivity index (χ3v) is 2.16. The van der Waals surface area contributed by atoms with E-state index in [0.717, 1.165) is 0 Å². The Morgan fingerprint density at radius 2 is 2.16 bits per heavy atom. The fraction of sp³-hybridized carbons (Fsp3) is 0.182. The summed E-state index contributed by atoms with van der Waals surface area (Å²) in [6.07, 6.45) is 0.234. The molecule has 2 aromatic rings. The lowest BCUT2D eigenvalue weighted by Gasteiger charge is -2.04. The first kappa shape index (κ1) is 12.9. The molecule has 2 heterocycles. The lowest BCUT2D eigenvalue weighted by atomic mass is 10.4. The molecule has 8 heteroatoms. The molecule has 2 rings (SSSR count). The van der Waals surface area contributed by atoms with Crippen LogP contribution in [0.25, 0.3) is 6.08 Å². The first-order chi connectivity index (χ1) is 9.08. The third-order valence-electron chi connectivity index (χ3n) is 2.16. The highest BCUT2D eigenvalue weighted by molar-refractivity contribution is 5.47. The summed E-state index contributed by atoms with van der Waals surface area (Å²) in [7, 11) is 3.05. The molecule has 0 spiro atoms. The Kier molecular flexibility index (Phi) is 3.69. The fourth-order valence-corrected chi connectivity index (χ4v) is 1.35. The zero-order chi connectivity index (χ0) is 13.8. The van der Waals surface area contributed by atoms with E-state index < -0.39 is 6.08 Å². The Morgan fingerprint density at radius 3 is 2.84 bits per heavy atom. The maximum atomic E-state index is 12.1. The number of nitrogens with zero attached hydrogens (tertiary/aromatic N) is 4. The smallest absolute Gasteiger partial charge is 0.272 e. The second kappa shape index (κ2) is 5.42. The van der Waals surface area contributed by atoms with Gasteiger partial charge in [0.25, 0.3) is 6.08 Å². The van der Waals surface area contributed by atoms with Gasteiger partial charge >= 0.3 is 0 Å². The van der Waals surface area contributed by atoms with Crippen molar-refractivity contribution in [3.05, 3.63) is 30.1 Å². The first-order valence-electron chi connectivity index (χ1n) is 5.20. The lowest BCUT2D eigenvalue weighted by molar-refractivity contribution is 0.386. The topological polar surface area (TPSA) is 62.1 Å². The standard InChI is InChI=1S/C11H10F2N4O2/c1-17-11(4-7(16-17)3-9(12)13)19-10-5-8(18-2)6-14-15-10/h3-6H,1-2H3. The minimum absolute atomic E-state index is 0.0911. The normalized spacial score (nSPS) is 10.1. The summed E-state index contributed by atoms with van der Waals surface area (Å²) in [6.45, 7) is 0. The monoisotopic (exact) mass is 268 g/mol. The molecule has 0 aliphatic heterocycles. The second-order valence-corrected chi connectivity index (χ2v) is 3.50. The van der Waals surface area contributed by atoms with Crippen molar-refractivity contribution in [1.29, 1.82) is 0 Å². The van der Waals surface area contributed by atoms with E-state index in [-0.39, 0.29) is 17.5 Å². The number of halogens is 2. The molecule has 0 saturated heterocycles. The predicted octanol–water partition coefficient (Wildman–Crippen LogP) is 2.25. The number of aryl methyl sites for hydroxylation is 1. The molecule has 0 N–H and O–H groups in total. The maximum absolute atomic E-state index is 12.1. The van der Waals surface area contributed by atoms with Gasteiger partial charge in [-0.25, -0.2) is 4.68 Å². The molecule has 6 nitrogen and oxygen atoms in total. The zero-order valence-corrected chi connectivity index (χ0v) is 10.2. The summed E-state index contributed by atoms with van der Waals surface area (Å²) in [6, 6.07) is 2.88. The van der Waals surface area contributed by atoms with Gasteiger partial charge in [-0.1, -0.05) is 0 Å². The van der Waals surface area contributed by atoms with Gasteiger partial charge in [0.05, 0.1) is 19.0 Å². The highest BCUT2D eigenvalue weighted by Crippen LogP contribution is 2.23. The van der Waals surface area contributed by atoms with Gasteiger partial charge < -0.3 is 9.47 Å². The molecule has 0 amide bonds. The molecule has 2 aromatic heterocycles. The predicted molar refractivity (Wildman–Crippen MR) is 62.1 cm³/mol.